The minimum Gasteiger partial charge on any atom is -0.490 e. The van der Waals surface area contributed by atoms with Crippen molar-refractivity contribution in [2.75, 3.05) is 6.61 Å². The average Bonchev–Trinajstić information content (AvgIpc) is 3.08. The van der Waals surface area contributed by atoms with Crippen LogP contribution in [0.15, 0.2) is 78.5 Å². The second-order valence-electron chi connectivity index (χ2n) is 7.38. The van der Waals surface area contributed by atoms with Crippen molar-refractivity contribution in [1.29, 1.82) is 0 Å². The molecule has 1 N–H and O–H groups in total. The van der Waals surface area contributed by atoms with Crippen molar-refractivity contribution in [2.45, 2.75) is 20.1 Å². The summed E-state index contributed by atoms with van der Waals surface area (Å²) in [4.78, 5) is 26.3. The number of ether oxygens (including phenoxy) is 2. The summed E-state index contributed by atoms with van der Waals surface area (Å²) in [5.41, 5.74) is 2.13. The zero-order chi connectivity index (χ0) is 23.2. The summed E-state index contributed by atoms with van der Waals surface area (Å²) in [7, 11) is 0. The number of urea groups is 1. The Morgan fingerprint density at radius 1 is 0.939 bits per heavy atom. The smallest absolute Gasteiger partial charge is 0.329 e. The summed E-state index contributed by atoms with van der Waals surface area (Å²) in [5, 5.41) is 2.63. The van der Waals surface area contributed by atoms with E-state index in [1.165, 1.54) is 6.07 Å². The maximum absolute atomic E-state index is 13.9. The molecule has 1 saturated heterocycles. The zero-order valence-electron chi connectivity index (χ0n) is 18.1. The van der Waals surface area contributed by atoms with Gasteiger partial charge in [0.15, 0.2) is 11.5 Å². The number of carbonyl (C=O) groups is 2. The van der Waals surface area contributed by atoms with Gasteiger partial charge in [-0.1, -0.05) is 54.6 Å². The molecule has 0 aliphatic carbocycles. The molecule has 1 aliphatic rings. The van der Waals surface area contributed by atoms with Crippen LogP contribution in [0.25, 0.3) is 6.08 Å². The predicted molar refractivity (Wildman–Crippen MR) is 122 cm³/mol. The number of hydrogen-bond acceptors (Lipinski definition) is 4. The van der Waals surface area contributed by atoms with Gasteiger partial charge in [-0.2, -0.15) is 0 Å². The molecule has 4 rings (SSSR count). The highest BCUT2D eigenvalue weighted by atomic mass is 19.1. The fourth-order valence-electron chi connectivity index (χ4n) is 3.42. The fraction of sp³-hybridized carbons (Fsp3) is 0.154. The molecule has 0 aromatic heterocycles. The monoisotopic (exact) mass is 446 g/mol. The van der Waals surface area contributed by atoms with Gasteiger partial charge in [0.2, 0.25) is 0 Å². The van der Waals surface area contributed by atoms with E-state index < -0.39 is 11.9 Å². The molecule has 3 aromatic rings. The normalized spacial score (nSPS) is 14.5. The maximum Gasteiger partial charge on any atom is 0.329 e. The highest BCUT2D eigenvalue weighted by Crippen LogP contribution is 2.30. The van der Waals surface area contributed by atoms with Gasteiger partial charge in [-0.15, -0.1) is 0 Å². The number of hydrogen-bond donors (Lipinski definition) is 1. The van der Waals surface area contributed by atoms with Crippen molar-refractivity contribution in [3.05, 3.63) is 101 Å². The number of nitrogens with one attached hydrogen (secondary N) is 1. The number of amides is 3. The van der Waals surface area contributed by atoms with Gasteiger partial charge in [-0.25, -0.2) is 9.18 Å². The number of carbonyl (C=O) groups excluding carboxylic acids is 2. The number of halogens is 1. The third-order valence-corrected chi connectivity index (χ3v) is 5.07. The van der Waals surface area contributed by atoms with E-state index in [2.05, 4.69) is 5.32 Å². The van der Waals surface area contributed by atoms with Crippen LogP contribution in [0.5, 0.6) is 11.5 Å². The second-order valence-corrected chi connectivity index (χ2v) is 7.38. The summed E-state index contributed by atoms with van der Waals surface area (Å²) in [6, 6.07) is 20.4. The number of rotatable bonds is 8. The third kappa shape index (κ3) is 5.20. The van der Waals surface area contributed by atoms with E-state index >= 15 is 0 Å². The molecule has 3 amide bonds. The molecular formula is C26H23FN2O4. The summed E-state index contributed by atoms with van der Waals surface area (Å²) in [6.45, 7) is 2.48. The molecule has 1 aliphatic heterocycles. The first-order valence-corrected chi connectivity index (χ1v) is 10.6. The lowest BCUT2D eigenvalue weighted by Crippen LogP contribution is -2.30. The molecule has 3 aromatic carbocycles. The van der Waals surface area contributed by atoms with Gasteiger partial charge in [0.05, 0.1) is 13.2 Å². The summed E-state index contributed by atoms with van der Waals surface area (Å²) < 4.78 is 25.3. The Labute approximate surface area is 191 Å². The highest BCUT2D eigenvalue weighted by molar-refractivity contribution is 6.13. The molecule has 0 radical (unpaired) electrons. The molecule has 0 atom stereocenters. The molecule has 6 nitrogen and oxygen atoms in total. The first kappa shape index (κ1) is 22.1. The molecule has 0 unspecified atom stereocenters. The molecule has 33 heavy (non-hydrogen) atoms. The van der Waals surface area contributed by atoms with E-state index in [4.69, 9.17) is 9.47 Å². The lowest BCUT2D eigenvalue weighted by molar-refractivity contribution is -0.123. The van der Waals surface area contributed by atoms with Gasteiger partial charge in [0.25, 0.3) is 5.91 Å². The van der Waals surface area contributed by atoms with Crippen molar-refractivity contribution in [1.82, 2.24) is 10.2 Å². The Bertz CT molecular complexity index is 1190. The topological polar surface area (TPSA) is 67.9 Å². The molecule has 1 fully saturated rings. The molecule has 0 spiro atoms. The van der Waals surface area contributed by atoms with Gasteiger partial charge >= 0.3 is 6.03 Å². The molecule has 0 bridgehead atoms. The SMILES string of the molecule is CCOc1cc(/C=C2/NC(=O)N(Cc3ccccc3)C2=O)ccc1OCc1ccccc1F. The Hall–Kier alpha value is -4.13. The predicted octanol–water partition coefficient (Wildman–Crippen LogP) is 4.90. The molecule has 0 saturated carbocycles. The van der Waals surface area contributed by atoms with Crippen LogP contribution in [-0.4, -0.2) is 23.4 Å². The maximum atomic E-state index is 13.9. The van der Waals surface area contributed by atoms with Gasteiger partial charge < -0.3 is 14.8 Å². The quantitative estimate of drug-likeness (QED) is 0.395. The van der Waals surface area contributed by atoms with Crippen LogP contribution in [0.4, 0.5) is 9.18 Å². The Kier molecular flexibility index (Phi) is 6.69. The van der Waals surface area contributed by atoms with E-state index in [9.17, 15) is 14.0 Å². The van der Waals surface area contributed by atoms with Crippen LogP contribution in [0, 0.1) is 5.82 Å². The highest BCUT2D eigenvalue weighted by Gasteiger charge is 2.33. The zero-order valence-corrected chi connectivity index (χ0v) is 18.1. The standard InChI is InChI=1S/C26H23FN2O4/c1-2-32-24-15-19(12-13-23(24)33-17-20-10-6-7-11-21(20)27)14-22-25(30)29(26(31)28-22)16-18-8-4-3-5-9-18/h3-15H,2,16-17H2,1H3,(H,28,31)/b22-14+. The molecular weight excluding hydrogens is 423 g/mol. The lowest BCUT2D eigenvalue weighted by atomic mass is 10.1. The Morgan fingerprint density at radius 2 is 1.70 bits per heavy atom. The van der Waals surface area contributed by atoms with Crippen LogP contribution < -0.4 is 14.8 Å². The first-order chi connectivity index (χ1) is 16.0. The third-order valence-electron chi connectivity index (χ3n) is 5.07. The van der Waals surface area contributed by atoms with Crippen LogP contribution in [0.3, 0.4) is 0 Å². The summed E-state index contributed by atoms with van der Waals surface area (Å²) in [5.74, 6) is 0.171. The van der Waals surface area contributed by atoms with Crippen molar-refractivity contribution in [2.24, 2.45) is 0 Å². The van der Waals surface area contributed by atoms with Crippen molar-refractivity contribution < 1.29 is 23.5 Å². The van der Waals surface area contributed by atoms with Crippen molar-refractivity contribution in [3.63, 3.8) is 0 Å². The number of imide groups is 1. The van der Waals surface area contributed by atoms with Crippen LogP contribution in [-0.2, 0) is 17.9 Å². The number of benzene rings is 3. The van der Waals surface area contributed by atoms with E-state index in [0.717, 1.165) is 10.5 Å². The number of nitrogens with zero attached hydrogens (tertiary/aromatic N) is 1. The van der Waals surface area contributed by atoms with E-state index in [0.29, 0.717) is 29.2 Å². The van der Waals surface area contributed by atoms with Crippen LogP contribution in [0.1, 0.15) is 23.6 Å². The summed E-state index contributed by atoms with van der Waals surface area (Å²) in [6.07, 6.45) is 1.59. The summed E-state index contributed by atoms with van der Waals surface area (Å²) >= 11 is 0. The van der Waals surface area contributed by atoms with E-state index in [1.807, 2.05) is 37.3 Å². The minimum atomic E-state index is -0.468. The van der Waals surface area contributed by atoms with Gasteiger partial charge in [-0.05, 0) is 42.3 Å². The largest absolute Gasteiger partial charge is 0.490 e. The molecule has 1 heterocycles. The minimum absolute atomic E-state index is 0.0518. The molecule has 168 valence electrons. The van der Waals surface area contributed by atoms with E-state index in [-0.39, 0.29) is 24.7 Å². The fourth-order valence-corrected chi connectivity index (χ4v) is 3.42. The Morgan fingerprint density at radius 3 is 2.45 bits per heavy atom. The van der Waals surface area contributed by atoms with Gasteiger partial charge in [-0.3, -0.25) is 9.69 Å². The van der Waals surface area contributed by atoms with E-state index in [1.54, 1.807) is 42.5 Å². The van der Waals surface area contributed by atoms with Crippen LogP contribution >= 0.6 is 0 Å². The van der Waals surface area contributed by atoms with Gasteiger partial charge in [0.1, 0.15) is 18.1 Å². The van der Waals surface area contributed by atoms with Crippen molar-refractivity contribution >= 4 is 18.0 Å². The Balaban J connectivity index is 1.51. The van der Waals surface area contributed by atoms with Crippen molar-refractivity contribution in [3.8, 4) is 11.5 Å². The molecule has 7 heteroatoms. The lowest BCUT2D eigenvalue weighted by Gasteiger charge is -2.13. The first-order valence-electron chi connectivity index (χ1n) is 10.6. The average molecular weight is 446 g/mol. The van der Waals surface area contributed by atoms with Crippen LogP contribution in [0.2, 0.25) is 0 Å². The second kappa shape index (κ2) is 9.99. The van der Waals surface area contributed by atoms with Gasteiger partial charge in [0, 0.05) is 5.56 Å².